The number of nitrogens with zero attached hydrogens (tertiary/aromatic N) is 1. The summed E-state index contributed by atoms with van der Waals surface area (Å²) >= 11 is 0. The highest BCUT2D eigenvalue weighted by Crippen LogP contribution is 2.24. The van der Waals surface area contributed by atoms with Crippen LogP contribution in [0.2, 0.25) is 0 Å². The quantitative estimate of drug-likeness (QED) is 0.732. The zero-order valence-corrected chi connectivity index (χ0v) is 17.8. The van der Waals surface area contributed by atoms with Crippen molar-refractivity contribution in [1.29, 1.82) is 0 Å². The van der Waals surface area contributed by atoms with E-state index in [1.54, 1.807) is 49.4 Å². The van der Waals surface area contributed by atoms with Gasteiger partial charge in [0.25, 0.3) is 0 Å². The van der Waals surface area contributed by atoms with Gasteiger partial charge in [0.2, 0.25) is 15.9 Å². The van der Waals surface area contributed by atoms with Crippen LogP contribution in [0.1, 0.15) is 30.1 Å². The first-order valence-electron chi connectivity index (χ1n) is 8.49. The second-order valence-corrected chi connectivity index (χ2v) is 10.7. The number of amides is 1. The maximum Gasteiger partial charge on any atom is 0.243 e. The Bertz CT molecular complexity index is 1030. The van der Waals surface area contributed by atoms with Crippen molar-refractivity contribution in [1.82, 2.24) is 9.62 Å². The SMILES string of the molecule is C[C@H](NC(=O)[C@H](c1ccccc1)N(C)S(C)(=O)=O)c1ccc(S(C)(=O)=O)cc1. The van der Waals surface area contributed by atoms with Crippen molar-refractivity contribution in [3.8, 4) is 0 Å². The number of hydrogen-bond donors (Lipinski definition) is 1. The number of hydrogen-bond acceptors (Lipinski definition) is 5. The molecule has 1 N–H and O–H groups in total. The number of likely N-dealkylation sites (N-methyl/N-ethyl adjacent to an activating group) is 1. The van der Waals surface area contributed by atoms with E-state index in [9.17, 15) is 21.6 Å². The van der Waals surface area contributed by atoms with Gasteiger partial charge in [-0.25, -0.2) is 16.8 Å². The second-order valence-electron chi connectivity index (χ2n) is 6.66. The van der Waals surface area contributed by atoms with E-state index in [1.807, 2.05) is 0 Å². The van der Waals surface area contributed by atoms with Gasteiger partial charge in [-0.05, 0) is 30.2 Å². The molecule has 0 radical (unpaired) electrons. The van der Waals surface area contributed by atoms with E-state index in [0.29, 0.717) is 11.1 Å². The van der Waals surface area contributed by atoms with E-state index in [-0.39, 0.29) is 4.90 Å². The minimum atomic E-state index is -3.61. The molecule has 0 bridgehead atoms. The Hall–Kier alpha value is -2.23. The molecule has 0 aliphatic carbocycles. The Labute approximate surface area is 166 Å². The fourth-order valence-electron chi connectivity index (χ4n) is 2.73. The average molecular weight is 425 g/mol. The first-order valence-corrected chi connectivity index (χ1v) is 12.2. The van der Waals surface area contributed by atoms with E-state index in [0.717, 1.165) is 16.8 Å². The summed E-state index contributed by atoms with van der Waals surface area (Å²) in [6.07, 6.45) is 2.17. The van der Waals surface area contributed by atoms with E-state index in [1.165, 1.54) is 19.2 Å². The standard InChI is InChI=1S/C19H24N2O5S2/c1-14(15-10-12-17(13-11-15)27(3,23)24)20-19(22)18(21(2)28(4,25)26)16-8-6-5-7-9-16/h5-14,18H,1-4H3,(H,20,22)/t14-,18-/m0/s1. The molecule has 2 atom stereocenters. The summed E-state index contributed by atoms with van der Waals surface area (Å²) in [5, 5.41) is 2.81. The van der Waals surface area contributed by atoms with Crippen LogP contribution >= 0.6 is 0 Å². The zero-order valence-electron chi connectivity index (χ0n) is 16.2. The van der Waals surface area contributed by atoms with Crippen LogP contribution in [0, 0.1) is 0 Å². The van der Waals surface area contributed by atoms with Gasteiger partial charge in [-0.3, -0.25) is 4.79 Å². The lowest BCUT2D eigenvalue weighted by Gasteiger charge is -2.27. The summed E-state index contributed by atoms with van der Waals surface area (Å²) < 4.78 is 48.2. The number of sulfone groups is 1. The second kappa shape index (κ2) is 8.42. The van der Waals surface area contributed by atoms with Crippen molar-refractivity contribution < 1.29 is 21.6 Å². The van der Waals surface area contributed by atoms with Crippen molar-refractivity contribution in [3.63, 3.8) is 0 Å². The maximum atomic E-state index is 12.9. The van der Waals surface area contributed by atoms with Crippen molar-refractivity contribution in [2.24, 2.45) is 0 Å². The number of nitrogens with one attached hydrogen (secondary N) is 1. The molecule has 0 saturated carbocycles. The molecule has 0 saturated heterocycles. The van der Waals surface area contributed by atoms with E-state index < -0.39 is 37.9 Å². The number of carbonyl (C=O) groups excluding carboxylic acids is 1. The van der Waals surface area contributed by atoms with Gasteiger partial charge in [0.05, 0.1) is 17.2 Å². The number of benzene rings is 2. The highest BCUT2D eigenvalue weighted by molar-refractivity contribution is 7.90. The van der Waals surface area contributed by atoms with Crippen molar-refractivity contribution >= 4 is 25.8 Å². The smallest absolute Gasteiger partial charge is 0.243 e. The van der Waals surface area contributed by atoms with Crippen LogP contribution in [-0.2, 0) is 24.7 Å². The minimum Gasteiger partial charge on any atom is -0.348 e. The molecule has 1 amide bonds. The molecular formula is C19H24N2O5S2. The molecule has 2 aromatic carbocycles. The Kier molecular flexibility index (Phi) is 6.63. The fraction of sp³-hybridized carbons (Fsp3) is 0.316. The van der Waals surface area contributed by atoms with Gasteiger partial charge in [-0.1, -0.05) is 42.5 Å². The summed E-state index contributed by atoms with van der Waals surface area (Å²) in [7, 11) is -5.56. The molecule has 0 unspecified atom stereocenters. The van der Waals surface area contributed by atoms with Crippen LogP contribution in [0.4, 0.5) is 0 Å². The Morgan fingerprint density at radius 2 is 1.43 bits per heavy atom. The zero-order chi connectivity index (χ0) is 21.1. The van der Waals surface area contributed by atoms with Gasteiger partial charge in [0.1, 0.15) is 6.04 Å². The normalized spacial score (nSPS) is 14.5. The Morgan fingerprint density at radius 1 is 0.893 bits per heavy atom. The van der Waals surface area contributed by atoms with Gasteiger partial charge in [0, 0.05) is 13.3 Å². The predicted octanol–water partition coefficient (Wildman–Crippen LogP) is 1.90. The van der Waals surface area contributed by atoms with Gasteiger partial charge in [0.15, 0.2) is 9.84 Å². The molecule has 28 heavy (non-hydrogen) atoms. The summed E-state index contributed by atoms with van der Waals surface area (Å²) in [6.45, 7) is 1.75. The van der Waals surface area contributed by atoms with Crippen LogP contribution in [0.25, 0.3) is 0 Å². The number of rotatable bonds is 7. The van der Waals surface area contributed by atoms with E-state index >= 15 is 0 Å². The van der Waals surface area contributed by atoms with Gasteiger partial charge >= 0.3 is 0 Å². The van der Waals surface area contributed by atoms with Crippen LogP contribution in [0.15, 0.2) is 59.5 Å². The summed E-state index contributed by atoms with van der Waals surface area (Å²) in [6, 6.07) is 13.4. The molecule has 0 aliphatic heterocycles. The molecule has 2 aromatic rings. The van der Waals surface area contributed by atoms with Crippen molar-refractivity contribution in [2.75, 3.05) is 19.6 Å². The molecule has 0 fully saturated rings. The third kappa shape index (κ3) is 5.40. The third-order valence-electron chi connectivity index (χ3n) is 4.42. The predicted molar refractivity (Wildman–Crippen MR) is 108 cm³/mol. The van der Waals surface area contributed by atoms with Gasteiger partial charge in [-0.15, -0.1) is 0 Å². The Morgan fingerprint density at radius 3 is 1.89 bits per heavy atom. The lowest BCUT2D eigenvalue weighted by atomic mass is 10.0. The fourth-order valence-corrected chi connectivity index (χ4v) is 3.96. The number of carbonyl (C=O) groups is 1. The molecule has 0 spiro atoms. The van der Waals surface area contributed by atoms with Crippen LogP contribution < -0.4 is 5.32 Å². The number of sulfonamides is 1. The van der Waals surface area contributed by atoms with Crippen LogP contribution in [-0.4, -0.2) is 46.6 Å². The van der Waals surface area contributed by atoms with Crippen LogP contribution in [0.5, 0.6) is 0 Å². The molecule has 7 nitrogen and oxygen atoms in total. The topological polar surface area (TPSA) is 101 Å². The molecule has 0 heterocycles. The monoisotopic (exact) mass is 424 g/mol. The van der Waals surface area contributed by atoms with E-state index in [4.69, 9.17) is 0 Å². The third-order valence-corrected chi connectivity index (χ3v) is 6.80. The van der Waals surface area contributed by atoms with Gasteiger partial charge in [-0.2, -0.15) is 4.31 Å². The molecule has 9 heteroatoms. The molecule has 0 aromatic heterocycles. The first kappa shape index (κ1) is 22.1. The highest BCUT2D eigenvalue weighted by atomic mass is 32.2. The maximum absolute atomic E-state index is 12.9. The molecule has 2 rings (SSSR count). The molecule has 152 valence electrons. The lowest BCUT2D eigenvalue weighted by molar-refractivity contribution is -0.125. The largest absolute Gasteiger partial charge is 0.348 e. The minimum absolute atomic E-state index is 0.189. The van der Waals surface area contributed by atoms with E-state index in [2.05, 4.69) is 5.32 Å². The summed E-state index contributed by atoms with van der Waals surface area (Å²) in [4.78, 5) is 13.1. The summed E-state index contributed by atoms with van der Waals surface area (Å²) in [5.41, 5.74) is 1.25. The van der Waals surface area contributed by atoms with Gasteiger partial charge < -0.3 is 5.32 Å². The Balaban J connectivity index is 2.28. The lowest BCUT2D eigenvalue weighted by Crippen LogP contribution is -2.42. The summed E-state index contributed by atoms with van der Waals surface area (Å²) in [5.74, 6) is -0.473. The molecule has 0 aliphatic rings. The molecular weight excluding hydrogens is 400 g/mol. The van der Waals surface area contributed by atoms with Crippen molar-refractivity contribution in [3.05, 3.63) is 65.7 Å². The van der Waals surface area contributed by atoms with Crippen molar-refractivity contribution in [2.45, 2.75) is 23.9 Å². The van der Waals surface area contributed by atoms with Crippen LogP contribution in [0.3, 0.4) is 0 Å². The highest BCUT2D eigenvalue weighted by Gasteiger charge is 2.31. The average Bonchev–Trinajstić information content (AvgIpc) is 2.61. The first-order chi connectivity index (χ1) is 12.9.